The first-order valence-electron chi connectivity index (χ1n) is 7.25. The number of nitrogens with one attached hydrogen (secondary N) is 1. The molecule has 5 nitrogen and oxygen atoms in total. The Bertz CT molecular complexity index is 548. The SMILES string of the molecule is COC(=O)c1ccc(NC(=O)C2(N)CCCCC2)cc1C. The van der Waals surface area contributed by atoms with Gasteiger partial charge in [-0.15, -0.1) is 0 Å². The molecule has 0 heterocycles. The van der Waals surface area contributed by atoms with Crippen molar-refractivity contribution >= 4 is 17.6 Å². The van der Waals surface area contributed by atoms with E-state index in [-0.39, 0.29) is 11.9 Å². The van der Waals surface area contributed by atoms with Crippen LogP contribution in [0.2, 0.25) is 0 Å². The molecule has 0 aromatic heterocycles. The summed E-state index contributed by atoms with van der Waals surface area (Å²) in [7, 11) is 1.35. The standard InChI is InChI=1S/C16H22N2O3/c1-11-10-12(6-7-13(11)14(19)21-2)18-15(20)16(17)8-4-3-5-9-16/h6-7,10H,3-5,8-9,17H2,1-2H3,(H,18,20). The van der Waals surface area contributed by atoms with E-state index < -0.39 is 5.54 Å². The maximum atomic E-state index is 12.3. The van der Waals surface area contributed by atoms with Crippen molar-refractivity contribution in [1.29, 1.82) is 0 Å². The Balaban J connectivity index is 2.11. The Labute approximate surface area is 124 Å². The molecule has 1 aromatic rings. The molecule has 2 rings (SSSR count). The molecule has 0 radical (unpaired) electrons. The van der Waals surface area contributed by atoms with Gasteiger partial charge in [-0.3, -0.25) is 4.79 Å². The van der Waals surface area contributed by atoms with E-state index in [0.717, 1.165) is 37.7 Å². The number of hydrogen-bond donors (Lipinski definition) is 2. The quantitative estimate of drug-likeness (QED) is 0.837. The molecule has 0 bridgehead atoms. The van der Waals surface area contributed by atoms with Crippen molar-refractivity contribution < 1.29 is 14.3 Å². The smallest absolute Gasteiger partial charge is 0.338 e. The number of amides is 1. The normalized spacial score (nSPS) is 17.1. The average molecular weight is 290 g/mol. The highest BCUT2D eigenvalue weighted by Crippen LogP contribution is 2.27. The maximum Gasteiger partial charge on any atom is 0.338 e. The van der Waals surface area contributed by atoms with Crippen molar-refractivity contribution in [3.8, 4) is 0 Å². The first-order valence-corrected chi connectivity index (χ1v) is 7.25. The van der Waals surface area contributed by atoms with Crippen LogP contribution < -0.4 is 11.1 Å². The Hall–Kier alpha value is -1.88. The van der Waals surface area contributed by atoms with Crippen molar-refractivity contribution in [3.63, 3.8) is 0 Å². The number of nitrogens with two attached hydrogens (primary N) is 1. The summed E-state index contributed by atoms with van der Waals surface area (Å²) in [5.74, 6) is -0.527. The second kappa shape index (κ2) is 6.26. The molecule has 3 N–H and O–H groups in total. The average Bonchev–Trinajstić information content (AvgIpc) is 2.47. The minimum absolute atomic E-state index is 0.146. The van der Waals surface area contributed by atoms with E-state index >= 15 is 0 Å². The Morgan fingerprint density at radius 1 is 1.24 bits per heavy atom. The van der Waals surface area contributed by atoms with Crippen LogP contribution >= 0.6 is 0 Å². The van der Waals surface area contributed by atoms with Gasteiger partial charge < -0.3 is 15.8 Å². The van der Waals surface area contributed by atoms with Crippen LogP contribution in [0.3, 0.4) is 0 Å². The lowest BCUT2D eigenvalue weighted by atomic mass is 9.82. The zero-order valence-corrected chi connectivity index (χ0v) is 12.6. The number of esters is 1. The predicted octanol–water partition coefficient (Wildman–Crippen LogP) is 2.38. The van der Waals surface area contributed by atoms with Gasteiger partial charge in [0.25, 0.3) is 0 Å². The summed E-state index contributed by atoms with van der Waals surface area (Å²) in [6.07, 6.45) is 4.56. The van der Waals surface area contributed by atoms with Crippen LogP contribution in [0.4, 0.5) is 5.69 Å². The Morgan fingerprint density at radius 2 is 1.90 bits per heavy atom. The van der Waals surface area contributed by atoms with E-state index in [4.69, 9.17) is 10.5 Å². The molecule has 21 heavy (non-hydrogen) atoms. The molecule has 114 valence electrons. The summed E-state index contributed by atoms with van der Waals surface area (Å²) in [5.41, 5.74) is 7.34. The number of carbonyl (C=O) groups is 2. The highest BCUT2D eigenvalue weighted by atomic mass is 16.5. The highest BCUT2D eigenvalue weighted by molar-refractivity contribution is 5.99. The fourth-order valence-electron chi connectivity index (χ4n) is 2.75. The van der Waals surface area contributed by atoms with Gasteiger partial charge in [-0.1, -0.05) is 19.3 Å². The largest absolute Gasteiger partial charge is 0.465 e. The number of carbonyl (C=O) groups excluding carboxylic acids is 2. The molecule has 0 atom stereocenters. The van der Waals surface area contributed by atoms with Gasteiger partial charge in [-0.25, -0.2) is 4.79 Å². The number of hydrogen-bond acceptors (Lipinski definition) is 4. The monoisotopic (exact) mass is 290 g/mol. The zero-order chi connectivity index (χ0) is 15.5. The fraction of sp³-hybridized carbons (Fsp3) is 0.500. The summed E-state index contributed by atoms with van der Waals surface area (Å²) in [5, 5.41) is 2.86. The van der Waals surface area contributed by atoms with Crippen LogP contribution in [-0.2, 0) is 9.53 Å². The number of methoxy groups -OCH3 is 1. The summed E-state index contributed by atoms with van der Waals surface area (Å²) in [6.45, 7) is 1.81. The molecule has 1 fully saturated rings. The Kier molecular flexibility index (Phi) is 4.63. The number of ether oxygens (including phenoxy) is 1. The molecule has 0 unspecified atom stereocenters. The summed E-state index contributed by atoms with van der Waals surface area (Å²) in [6, 6.07) is 5.11. The summed E-state index contributed by atoms with van der Waals surface area (Å²) >= 11 is 0. The number of anilines is 1. The molecule has 1 amide bonds. The van der Waals surface area contributed by atoms with E-state index in [9.17, 15) is 9.59 Å². The molecular formula is C16H22N2O3. The predicted molar refractivity (Wildman–Crippen MR) is 81.2 cm³/mol. The van der Waals surface area contributed by atoms with Crippen LogP contribution in [0, 0.1) is 6.92 Å². The van der Waals surface area contributed by atoms with Gasteiger partial charge in [0.1, 0.15) is 0 Å². The molecule has 0 spiro atoms. The number of benzene rings is 1. The van der Waals surface area contributed by atoms with Crippen molar-refractivity contribution in [2.24, 2.45) is 5.73 Å². The third-order valence-corrected chi connectivity index (χ3v) is 4.09. The molecule has 5 heteroatoms. The lowest BCUT2D eigenvalue weighted by Gasteiger charge is -2.31. The van der Waals surface area contributed by atoms with Gasteiger partial charge in [-0.05, 0) is 43.5 Å². The van der Waals surface area contributed by atoms with Gasteiger partial charge in [0.2, 0.25) is 5.91 Å². The topological polar surface area (TPSA) is 81.4 Å². The van der Waals surface area contributed by atoms with Gasteiger partial charge in [-0.2, -0.15) is 0 Å². The van der Waals surface area contributed by atoms with Gasteiger partial charge in [0, 0.05) is 5.69 Å². The van der Waals surface area contributed by atoms with Crippen LogP contribution in [0.25, 0.3) is 0 Å². The van der Waals surface area contributed by atoms with Gasteiger partial charge in [0.05, 0.1) is 18.2 Å². The van der Waals surface area contributed by atoms with E-state index in [2.05, 4.69) is 5.32 Å². The minimum atomic E-state index is -0.771. The van der Waals surface area contributed by atoms with Crippen LogP contribution in [0.1, 0.15) is 48.0 Å². The van der Waals surface area contributed by atoms with Gasteiger partial charge >= 0.3 is 5.97 Å². The molecule has 1 aromatic carbocycles. The van der Waals surface area contributed by atoms with Crippen LogP contribution in [-0.4, -0.2) is 24.5 Å². The highest BCUT2D eigenvalue weighted by Gasteiger charge is 2.35. The van der Waals surface area contributed by atoms with E-state index in [0.29, 0.717) is 11.3 Å². The third-order valence-electron chi connectivity index (χ3n) is 4.09. The zero-order valence-electron chi connectivity index (χ0n) is 12.6. The summed E-state index contributed by atoms with van der Waals surface area (Å²) < 4.78 is 4.70. The van der Waals surface area contributed by atoms with E-state index in [1.165, 1.54) is 7.11 Å². The van der Waals surface area contributed by atoms with Crippen LogP contribution in [0.15, 0.2) is 18.2 Å². The Morgan fingerprint density at radius 3 is 2.48 bits per heavy atom. The van der Waals surface area contributed by atoms with Crippen molar-refractivity contribution in [2.75, 3.05) is 12.4 Å². The lowest BCUT2D eigenvalue weighted by molar-refractivity contribution is -0.122. The molecule has 1 aliphatic rings. The van der Waals surface area contributed by atoms with E-state index in [1.54, 1.807) is 25.1 Å². The minimum Gasteiger partial charge on any atom is -0.465 e. The molecule has 0 aliphatic heterocycles. The second-order valence-corrected chi connectivity index (χ2v) is 5.69. The van der Waals surface area contributed by atoms with Crippen LogP contribution in [0.5, 0.6) is 0 Å². The lowest BCUT2D eigenvalue weighted by Crippen LogP contribution is -2.52. The first-order chi connectivity index (χ1) is 9.96. The summed E-state index contributed by atoms with van der Waals surface area (Å²) in [4.78, 5) is 23.9. The molecule has 1 saturated carbocycles. The number of aryl methyl sites for hydroxylation is 1. The third kappa shape index (κ3) is 3.42. The molecule has 1 aliphatic carbocycles. The molecular weight excluding hydrogens is 268 g/mol. The fourth-order valence-corrected chi connectivity index (χ4v) is 2.75. The van der Waals surface area contributed by atoms with Crippen molar-refractivity contribution in [3.05, 3.63) is 29.3 Å². The van der Waals surface area contributed by atoms with Crippen molar-refractivity contribution in [1.82, 2.24) is 0 Å². The first kappa shape index (κ1) is 15.5. The second-order valence-electron chi connectivity index (χ2n) is 5.69. The van der Waals surface area contributed by atoms with Gasteiger partial charge in [0.15, 0.2) is 0 Å². The maximum absolute atomic E-state index is 12.3. The molecule has 0 saturated heterocycles. The van der Waals surface area contributed by atoms with Crippen molar-refractivity contribution in [2.45, 2.75) is 44.6 Å². The number of rotatable bonds is 3. The van der Waals surface area contributed by atoms with E-state index in [1.807, 2.05) is 0 Å².